The van der Waals surface area contributed by atoms with E-state index in [2.05, 4.69) is 12.2 Å². The highest BCUT2D eigenvalue weighted by molar-refractivity contribution is 6.30. The lowest BCUT2D eigenvalue weighted by Crippen LogP contribution is -2.32. The second kappa shape index (κ2) is 4.95. The van der Waals surface area contributed by atoms with Crippen molar-refractivity contribution < 1.29 is 4.79 Å². The van der Waals surface area contributed by atoms with Gasteiger partial charge in [-0.15, -0.1) is 0 Å². The molecule has 0 radical (unpaired) electrons. The molecule has 2 unspecified atom stereocenters. The molecule has 0 aromatic heterocycles. The van der Waals surface area contributed by atoms with E-state index in [1.165, 1.54) is 0 Å². The third-order valence-electron chi connectivity index (χ3n) is 3.56. The molecule has 1 fully saturated rings. The highest BCUT2D eigenvalue weighted by Gasteiger charge is 2.37. The van der Waals surface area contributed by atoms with Gasteiger partial charge in [-0.1, -0.05) is 31.0 Å². The fourth-order valence-corrected chi connectivity index (χ4v) is 2.71. The predicted octanol–water partition coefficient (Wildman–Crippen LogP) is 3.70. The van der Waals surface area contributed by atoms with Crippen LogP contribution in [-0.4, -0.2) is 12.0 Å². The number of hydrogen-bond acceptors (Lipinski definition) is 2. The molecule has 0 heterocycles. The first-order valence-electron chi connectivity index (χ1n) is 5.88. The minimum absolute atomic E-state index is 0.0932. The molecule has 0 amide bonds. The van der Waals surface area contributed by atoms with Crippen molar-refractivity contribution in [3.8, 4) is 0 Å². The van der Waals surface area contributed by atoms with Gasteiger partial charge in [0, 0.05) is 28.2 Å². The Balaban J connectivity index is 2.15. The summed E-state index contributed by atoms with van der Waals surface area (Å²) in [4.78, 5) is 10.6. The van der Waals surface area contributed by atoms with Gasteiger partial charge in [0.05, 0.1) is 0 Å². The van der Waals surface area contributed by atoms with Crippen LogP contribution < -0.4 is 5.32 Å². The van der Waals surface area contributed by atoms with Crippen LogP contribution in [0.1, 0.15) is 26.2 Å². The van der Waals surface area contributed by atoms with Crippen LogP contribution in [0.2, 0.25) is 5.02 Å². The zero-order valence-electron chi connectivity index (χ0n) is 9.87. The average Bonchev–Trinajstić information content (AvgIpc) is 2.61. The van der Waals surface area contributed by atoms with Gasteiger partial charge in [0.15, 0.2) is 0 Å². The normalized spacial score (nSPS) is 27.5. The largest absolute Gasteiger partial charge is 0.381 e. The van der Waals surface area contributed by atoms with Gasteiger partial charge in [-0.3, -0.25) is 0 Å². The van der Waals surface area contributed by atoms with Gasteiger partial charge in [-0.05, 0) is 31.0 Å². The molecule has 1 aliphatic carbocycles. The highest BCUT2D eigenvalue weighted by atomic mass is 35.5. The standard InChI is InChI=1S/C14H16ClNO/c1-14(8-9-17)7-3-6-13(14)16-12-5-2-4-11(15)10-12/h2,4-5,8,10,13,16H,3,6-7H2,1H3. The van der Waals surface area contributed by atoms with E-state index in [1.807, 2.05) is 30.2 Å². The molecule has 0 spiro atoms. The molecule has 2 nitrogen and oxygen atoms in total. The predicted molar refractivity (Wildman–Crippen MR) is 71.1 cm³/mol. The van der Waals surface area contributed by atoms with Crippen molar-refractivity contribution in [2.24, 2.45) is 5.41 Å². The van der Waals surface area contributed by atoms with Crippen LogP contribution >= 0.6 is 11.6 Å². The molecule has 0 saturated heterocycles. The first-order chi connectivity index (χ1) is 8.14. The zero-order chi connectivity index (χ0) is 12.3. The van der Waals surface area contributed by atoms with Crippen molar-refractivity contribution in [2.75, 3.05) is 5.32 Å². The van der Waals surface area contributed by atoms with E-state index in [9.17, 15) is 4.79 Å². The third kappa shape index (κ3) is 2.71. The van der Waals surface area contributed by atoms with E-state index < -0.39 is 0 Å². The lowest BCUT2D eigenvalue weighted by Gasteiger charge is -2.28. The number of hydrogen-bond donors (Lipinski definition) is 1. The van der Waals surface area contributed by atoms with Crippen molar-refractivity contribution in [3.63, 3.8) is 0 Å². The Morgan fingerprint density at radius 1 is 1.59 bits per heavy atom. The van der Waals surface area contributed by atoms with Crippen LogP contribution in [0.3, 0.4) is 0 Å². The van der Waals surface area contributed by atoms with Gasteiger partial charge in [0.25, 0.3) is 0 Å². The molecule has 1 saturated carbocycles. The minimum Gasteiger partial charge on any atom is -0.381 e. The minimum atomic E-state index is -0.0932. The summed E-state index contributed by atoms with van der Waals surface area (Å²) in [7, 11) is 0. The summed E-state index contributed by atoms with van der Waals surface area (Å²) in [6, 6.07) is 7.96. The number of benzene rings is 1. The quantitative estimate of drug-likeness (QED) is 0.828. The molecule has 2 rings (SSSR count). The summed E-state index contributed by atoms with van der Waals surface area (Å²) >= 11 is 5.95. The summed E-state index contributed by atoms with van der Waals surface area (Å²) in [5.41, 5.74) is 0.916. The second-order valence-corrected chi connectivity index (χ2v) is 5.30. The van der Waals surface area contributed by atoms with E-state index in [0.717, 1.165) is 30.0 Å². The molecule has 1 aromatic carbocycles. The number of halogens is 1. The van der Waals surface area contributed by atoms with Crippen molar-refractivity contribution in [1.29, 1.82) is 0 Å². The van der Waals surface area contributed by atoms with Gasteiger partial charge in [-0.25, -0.2) is 4.79 Å². The topological polar surface area (TPSA) is 29.1 Å². The summed E-state index contributed by atoms with van der Waals surface area (Å²) in [5.74, 6) is 1.94. The van der Waals surface area contributed by atoms with Crippen LogP contribution in [-0.2, 0) is 4.79 Å². The maximum absolute atomic E-state index is 10.6. The molecule has 1 N–H and O–H groups in total. The average molecular weight is 250 g/mol. The highest BCUT2D eigenvalue weighted by Crippen LogP contribution is 2.40. The van der Waals surface area contributed by atoms with Crippen LogP contribution in [0.25, 0.3) is 0 Å². The van der Waals surface area contributed by atoms with Crippen molar-refractivity contribution in [1.82, 2.24) is 0 Å². The van der Waals surface area contributed by atoms with Gasteiger partial charge in [0.2, 0.25) is 0 Å². The summed E-state index contributed by atoms with van der Waals surface area (Å²) < 4.78 is 0. The summed E-state index contributed by atoms with van der Waals surface area (Å²) in [6.07, 6.45) is 4.89. The number of anilines is 1. The Morgan fingerprint density at radius 2 is 2.41 bits per heavy atom. The molecule has 0 bridgehead atoms. The molecule has 1 aliphatic rings. The summed E-state index contributed by atoms with van der Waals surface area (Å²) in [5, 5.41) is 4.19. The molecule has 2 atom stereocenters. The number of rotatable bonds is 3. The molecular weight excluding hydrogens is 234 g/mol. The van der Waals surface area contributed by atoms with Crippen LogP contribution in [0.4, 0.5) is 5.69 Å². The van der Waals surface area contributed by atoms with E-state index in [0.29, 0.717) is 0 Å². The van der Waals surface area contributed by atoms with Gasteiger partial charge < -0.3 is 5.32 Å². The molecule has 17 heavy (non-hydrogen) atoms. The molecule has 90 valence electrons. The Hall–Kier alpha value is -1.24. The molecule has 1 aromatic rings. The Morgan fingerprint density at radius 3 is 3.12 bits per heavy atom. The number of nitrogens with one attached hydrogen (secondary N) is 1. The van der Waals surface area contributed by atoms with E-state index in [4.69, 9.17) is 11.6 Å². The van der Waals surface area contributed by atoms with Crippen molar-refractivity contribution in [2.45, 2.75) is 32.2 Å². The monoisotopic (exact) mass is 249 g/mol. The Kier molecular flexibility index (Phi) is 3.56. The van der Waals surface area contributed by atoms with E-state index in [1.54, 1.807) is 6.08 Å². The van der Waals surface area contributed by atoms with Crippen molar-refractivity contribution in [3.05, 3.63) is 35.4 Å². The SMILES string of the molecule is CC1(C=C=O)CCCC1Nc1cccc(Cl)c1. The van der Waals surface area contributed by atoms with Crippen LogP contribution in [0.15, 0.2) is 30.3 Å². The Labute approximate surface area is 107 Å². The third-order valence-corrected chi connectivity index (χ3v) is 3.79. The van der Waals surface area contributed by atoms with Gasteiger partial charge >= 0.3 is 0 Å². The Bertz CT molecular complexity index is 453. The van der Waals surface area contributed by atoms with Gasteiger partial charge in [0.1, 0.15) is 5.94 Å². The van der Waals surface area contributed by atoms with Crippen molar-refractivity contribution >= 4 is 23.2 Å². The van der Waals surface area contributed by atoms with Gasteiger partial charge in [-0.2, -0.15) is 0 Å². The zero-order valence-corrected chi connectivity index (χ0v) is 10.6. The molecule has 0 aliphatic heterocycles. The van der Waals surface area contributed by atoms with E-state index >= 15 is 0 Å². The lowest BCUT2D eigenvalue weighted by molar-refractivity contribution is 0.408. The fraction of sp³-hybridized carbons (Fsp3) is 0.429. The lowest BCUT2D eigenvalue weighted by atomic mass is 9.85. The van der Waals surface area contributed by atoms with Crippen LogP contribution in [0, 0.1) is 5.41 Å². The first-order valence-corrected chi connectivity index (χ1v) is 6.26. The summed E-state index contributed by atoms with van der Waals surface area (Å²) in [6.45, 7) is 2.10. The molecular formula is C14H16ClNO. The fourth-order valence-electron chi connectivity index (χ4n) is 2.51. The maximum Gasteiger partial charge on any atom is 0.120 e. The number of carbonyl (C=O) groups excluding carboxylic acids is 1. The smallest absolute Gasteiger partial charge is 0.120 e. The second-order valence-electron chi connectivity index (χ2n) is 4.87. The maximum atomic E-state index is 10.6. The van der Waals surface area contributed by atoms with E-state index in [-0.39, 0.29) is 11.5 Å². The molecule has 3 heteroatoms. The van der Waals surface area contributed by atoms with Crippen LogP contribution in [0.5, 0.6) is 0 Å². The first kappa shape index (κ1) is 12.2.